The maximum Gasteiger partial charge on any atom is 0.0884 e. The van der Waals surface area contributed by atoms with Crippen molar-refractivity contribution in [1.82, 2.24) is 4.90 Å². The zero-order valence-electron chi connectivity index (χ0n) is 7.43. The van der Waals surface area contributed by atoms with E-state index in [1.54, 1.807) is 0 Å². The summed E-state index contributed by atoms with van der Waals surface area (Å²) in [6.07, 6.45) is 4.44. The van der Waals surface area contributed by atoms with Gasteiger partial charge in [-0.3, -0.25) is 4.90 Å². The number of piperidine rings is 1. The van der Waals surface area contributed by atoms with Crippen LogP contribution in [0.15, 0.2) is 11.9 Å². The number of halogens is 1. The highest BCUT2D eigenvalue weighted by Crippen LogP contribution is 2.10. The summed E-state index contributed by atoms with van der Waals surface area (Å²) in [5.74, 6) is 0. The molecule has 1 fully saturated rings. The number of nitrogens with two attached hydrogens (primary N) is 1. The normalized spacial score (nSPS) is 21.3. The highest BCUT2D eigenvalue weighted by Gasteiger charge is 2.10. The van der Waals surface area contributed by atoms with Crippen molar-refractivity contribution in [3.8, 4) is 0 Å². The van der Waals surface area contributed by atoms with Crippen molar-refractivity contribution in [1.29, 1.82) is 0 Å². The van der Waals surface area contributed by atoms with Gasteiger partial charge in [-0.15, -0.1) is 0 Å². The third-order valence-electron chi connectivity index (χ3n) is 2.29. The summed E-state index contributed by atoms with van der Waals surface area (Å²) in [4.78, 5) is 2.27. The van der Waals surface area contributed by atoms with Crippen molar-refractivity contribution in [2.45, 2.75) is 19.3 Å². The van der Waals surface area contributed by atoms with Crippen molar-refractivity contribution in [3.05, 3.63) is 11.9 Å². The van der Waals surface area contributed by atoms with Gasteiger partial charge >= 0.3 is 0 Å². The average Bonchev–Trinajstić information content (AvgIpc) is 2.16. The Labute approximate surface area is 73.2 Å². The molecule has 2 nitrogen and oxygen atoms in total. The molecule has 0 radical (unpaired) electrons. The van der Waals surface area contributed by atoms with Crippen molar-refractivity contribution >= 4 is 0 Å². The Bertz CT molecular complexity index is 151. The molecular weight excluding hydrogens is 155 g/mol. The minimum Gasteiger partial charge on any atom is -0.327 e. The van der Waals surface area contributed by atoms with E-state index in [1.165, 1.54) is 19.3 Å². The first kappa shape index (κ1) is 9.68. The van der Waals surface area contributed by atoms with Gasteiger partial charge in [0.1, 0.15) is 0 Å². The lowest BCUT2D eigenvalue weighted by atomic mass is 10.1. The van der Waals surface area contributed by atoms with E-state index in [2.05, 4.69) is 4.90 Å². The van der Waals surface area contributed by atoms with Crippen LogP contribution in [0.25, 0.3) is 0 Å². The lowest BCUT2D eigenvalue weighted by molar-refractivity contribution is 0.245. The average molecular weight is 172 g/mol. The van der Waals surface area contributed by atoms with Gasteiger partial charge in [-0.2, -0.15) is 0 Å². The van der Waals surface area contributed by atoms with Gasteiger partial charge in [0.15, 0.2) is 0 Å². The molecule has 1 aliphatic heterocycles. The van der Waals surface area contributed by atoms with Crippen molar-refractivity contribution in [2.75, 3.05) is 26.2 Å². The van der Waals surface area contributed by atoms with Crippen molar-refractivity contribution in [3.63, 3.8) is 0 Å². The molecule has 2 N–H and O–H groups in total. The summed E-state index contributed by atoms with van der Waals surface area (Å²) < 4.78 is 12.1. The lowest BCUT2D eigenvalue weighted by Gasteiger charge is -2.26. The summed E-state index contributed by atoms with van der Waals surface area (Å²) in [6.45, 7) is 3.24. The summed E-state index contributed by atoms with van der Waals surface area (Å²) in [7, 11) is 0. The first-order valence-electron chi connectivity index (χ1n) is 4.57. The predicted molar refractivity (Wildman–Crippen MR) is 48.5 cm³/mol. The fourth-order valence-corrected chi connectivity index (χ4v) is 1.55. The Morgan fingerprint density at radius 2 is 2.00 bits per heavy atom. The van der Waals surface area contributed by atoms with Crippen LogP contribution in [0.5, 0.6) is 0 Å². The molecule has 1 aliphatic rings. The highest BCUT2D eigenvalue weighted by molar-refractivity contribution is 5.02. The van der Waals surface area contributed by atoms with Gasteiger partial charge in [-0.25, -0.2) is 4.39 Å². The Morgan fingerprint density at radius 3 is 2.50 bits per heavy atom. The van der Waals surface area contributed by atoms with E-state index in [-0.39, 0.29) is 0 Å². The molecule has 0 aromatic carbocycles. The molecule has 0 atom stereocenters. The summed E-state index contributed by atoms with van der Waals surface area (Å²) in [5, 5.41) is 0. The number of rotatable bonds is 3. The molecule has 0 amide bonds. The maximum atomic E-state index is 12.1. The second-order valence-electron chi connectivity index (χ2n) is 3.31. The standard InChI is InChI=1S/C9H17FN2/c10-6-9(7-11)8-12-4-2-1-3-5-12/h6H,1-5,7-8,11H2/b9-6+. The summed E-state index contributed by atoms with van der Waals surface area (Å²) in [6, 6.07) is 0. The van der Waals surface area contributed by atoms with Gasteiger partial charge in [0.25, 0.3) is 0 Å². The minimum atomic E-state index is 0.340. The van der Waals surface area contributed by atoms with Gasteiger partial charge in [0.05, 0.1) is 6.33 Å². The fraction of sp³-hybridized carbons (Fsp3) is 0.778. The molecule has 12 heavy (non-hydrogen) atoms. The van der Waals surface area contributed by atoms with Crippen LogP contribution in [0.2, 0.25) is 0 Å². The lowest BCUT2D eigenvalue weighted by Crippen LogP contribution is -2.32. The van der Waals surface area contributed by atoms with Crippen molar-refractivity contribution in [2.24, 2.45) is 5.73 Å². The van der Waals surface area contributed by atoms with Gasteiger partial charge in [-0.05, 0) is 31.5 Å². The van der Waals surface area contributed by atoms with E-state index in [0.29, 0.717) is 25.0 Å². The fourth-order valence-electron chi connectivity index (χ4n) is 1.55. The molecule has 3 heteroatoms. The molecule has 0 bridgehead atoms. The zero-order valence-corrected chi connectivity index (χ0v) is 7.43. The molecule has 1 rings (SSSR count). The SMILES string of the molecule is NC/C(=C\F)CN1CCCCC1. The van der Waals surface area contributed by atoms with Crippen LogP contribution in [-0.2, 0) is 0 Å². The minimum absolute atomic E-state index is 0.340. The van der Waals surface area contributed by atoms with E-state index >= 15 is 0 Å². The summed E-state index contributed by atoms with van der Waals surface area (Å²) in [5.41, 5.74) is 6.07. The molecule has 0 spiro atoms. The van der Waals surface area contributed by atoms with E-state index in [4.69, 9.17) is 5.73 Å². The van der Waals surface area contributed by atoms with Crippen LogP contribution in [0.1, 0.15) is 19.3 Å². The first-order valence-corrected chi connectivity index (χ1v) is 4.57. The van der Waals surface area contributed by atoms with Crippen LogP contribution in [0.4, 0.5) is 4.39 Å². The van der Waals surface area contributed by atoms with E-state index in [9.17, 15) is 4.39 Å². The van der Waals surface area contributed by atoms with Crippen molar-refractivity contribution < 1.29 is 4.39 Å². The van der Waals surface area contributed by atoms with Crippen LogP contribution in [-0.4, -0.2) is 31.1 Å². The molecule has 0 aliphatic carbocycles. The Hall–Kier alpha value is -0.410. The predicted octanol–water partition coefficient (Wildman–Crippen LogP) is 1.28. The van der Waals surface area contributed by atoms with E-state index < -0.39 is 0 Å². The molecule has 70 valence electrons. The molecule has 0 aromatic rings. The van der Waals surface area contributed by atoms with Crippen LogP contribution < -0.4 is 5.73 Å². The zero-order chi connectivity index (χ0) is 8.81. The number of hydrogen-bond acceptors (Lipinski definition) is 2. The van der Waals surface area contributed by atoms with Crippen LogP contribution in [0.3, 0.4) is 0 Å². The maximum absolute atomic E-state index is 12.1. The van der Waals surface area contributed by atoms with Crippen LogP contribution >= 0.6 is 0 Å². The smallest absolute Gasteiger partial charge is 0.0884 e. The molecule has 1 heterocycles. The molecule has 1 saturated heterocycles. The van der Waals surface area contributed by atoms with Gasteiger partial charge in [-0.1, -0.05) is 6.42 Å². The van der Waals surface area contributed by atoms with E-state index in [0.717, 1.165) is 13.1 Å². The Morgan fingerprint density at radius 1 is 1.33 bits per heavy atom. The van der Waals surface area contributed by atoms with Crippen LogP contribution in [0, 0.1) is 0 Å². The second kappa shape index (κ2) is 5.27. The Kier molecular flexibility index (Phi) is 4.25. The number of nitrogens with zero attached hydrogens (tertiary/aromatic N) is 1. The third-order valence-corrected chi connectivity index (χ3v) is 2.29. The monoisotopic (exact) mass is 172 g/mol. The Balaban J connectivity index is 2.28. The molecule has 0 saturated carbocycles. The first-order chi connectivity index (χ1) is 5.86. The quantitative estimate of drug-likeness (QED) is 0.695. The van der Waals surface area contributed by atoms with Gasteiger partial charge < -0.3 is 5.73 Å². The largest absolute Gasteiger partial charge is 0.327 e. The topological polar surface area (TPSA) is 29.3 Å². The third kappa shape index (κ3) is 2.91. The second-order valence-corrected chi connectivity index (χ2v) is 3.31. The number of hydrogen-bond donors (Lipinski definition) is 1. The highest BCUT2D eigenvalue weighted by atomic mass is 19.1. The van der Waals surface area contributed by atoms with E-state index in [1.807, 2.05) is 0 Å². The molecule has 0 aromatic heterocycles. The molecular formula is C9H17FN2. The molecule has 0 unspecified atom stereocenters. The number of likely N-dealkylation sites (tertiary alicyclic amines) is 1. The van der Waals surface area contributed by atoms with Gasteiger partial charge in [0.2, 0.25) is 0 Å². The van der Waals surface area contributed by atoms with Gasteiger partial charge in [0, 0.05) is 13.1 Å². The summed E-state index contributed by atoms with van der Waals surface area (Å²) >= 11 is 0.